The second-order valence-corrected chi connectivity index (χ2v) is 10.3. The summed E-state index contributed by atoms with van der Waals surface area (Å²) in [4.78, 5) is 50.0. The zero-order valence-corrected chi connectivity index (χ0v) is 21.9. The van der Waals surface area contributed by atoms with Crippen LogP contribution in [0, 0.1) is 5.92 Å². The van der Waals surface area contributed by atoms with Gasteiger partial charge in [-0.1, -0.05) is 13.0 Å². The third kappa shape index (κ3) is 4.34. The Morgan fingerprint density at radius 3 is 2.36 bits per heavy atom. The number of ether oxygens (including phenoxy) is 4. The van der Waals surface area contributed by atoms with Crippen LogP contribution < -0.4 is 0 Å². The van der Waals surface area contributed by atoms with Gasteiger partial charge in [-0.05, 0) is 58.6 Å². The molecule has 1 aliphatic heterocycles. The van der Waals surface area contributed by atoms with Crippen molar-refractivity contribution in [3.63, 3.8) is 0 Å². The number of hydrogen-bond acceptors (Lipinski definition) is 10. The Balaban J connectivity index is 2.20. The summed E-state index contributed by atoms with van der Waals surface area (Å²) < 4.78 is 22.7. The van der Waals surface area contributed by atoms with Crippen LogP contribution in [-0.2, 0) is 38.1 Å². The highest BCUT2D eigenvalue weighted by atomic mass is 16.6. The van der Waals surface area contributed by atoms with Crippen LogP contribution >= 0.6 is 0 Å². The normalized spacial score (nSPS) is 38.0. The van der Waals surface area contributed by atoms with Crippen LogP contribution in [0.25, 0.3) is 0 Å². The van der Waals surface area contributed by atoms with Gasteiger partial charge in [0.1, 0.15) is 17.8 Å². The van der Waals surface area contributed by atoms with E-state index >= 15 is 0 Å². The molecule has 3 aliphatic rings. The molecule has 0 amide bonds. The summed E-state index contributed by atoms with van der Waals surface area (Å²) in [6.45, 7) is 10.8. The first-order chi connectivity index (χ1) is 16.6. The van der Waals surface area contributed by atoms with E-state index in [4.69, 9.17) is 18.9 Å². The molecular weight excluding hydrogens is 472 g/mol. The summed E-state index contributed by atoms with van der Waals surface area (Å²) in [5.74, 6) is -3.53. The Kier molecular flexibility index (Phi) is 7.45. The average molecular weight is 509 g/mol. The second kappa shape index (κ2) is 9.63. The maximum Gasteiger partial charge on any atom is 0.341 e. The molecule has 7 atom stereocenters. The molecule has 0 aromatic carbocycles. The van der Waals surface area contributed by atoms with Gasteiger partial charge in [-0.25, -0.2) is 9.59 Å². The van der Waals surface area contributed by atoms with Crippen molar-refractivity contribution in [1.29, 1.82) is 0 Å². The topological polar surface area (TPSA) is 146 Å². The molecule has 10 heteroatoms. The van der Waals surface area contributed by atoms with Crippen molar-refractivity contribution < 1.29 is 48.3 Å². The number of carbonyl (C=O) groups is 4. The SMILES string of the molecule is C/C=C(\C)C(=O)O[C@H]1C[C@@H]2C(=C1C)[C@H]1OC(=O)[C@](C)(O)[C@]1(O)[C@H](OC(=O)CCC)C[C@@]2(C)OC(C)=O. The Morgan fingerprint density at radius 1 is 1.17 bits per heavy atom. The molecule has 1 heterocycles. The van der Waals surface area contributed by atoms with Gasteiger partial charge < -0.3 is 29.2 Å². The Bertz CT molecular complexity index is 1020. The Labute approximate surface area is 210 Å². The maximum atomic E-state index is 12.8. The molecular formula is C26H36O10. The fourth-order valence-corrected chi connectivity index (χ4v) is 5.60. The second-order valence-electron chi connectivity index (χ2n) is 10.3. The molecule has 1 saturated heterocycles. The van der Waals surface area contributed by atoms with Gasteiger partial charge in [0.05, 0.1) is 0 Å². The summed E-state index contributed by atoms with van der Waals surface area (Å²) in [7, 11) is 0. The molecule has 1 saturated carbocycles. The lowest BCUT2D eigenvalue weighted by molar-refractivity contribution is -0.210. The van der Waals surface area contributed by atoms with Gasteiger partial charge in [-0.2, -0.15) is 0 Å². The van der Waals surface area contributed by atoms with Crippen molar-refractivity contribution in [1.82, 2.24) is 0 Å². The predicted molar refractivity (Wildman–Crippen MR) is 125 cm³/mol. The summed E-state index contributed by atoms with van der Waals surface area (Å²) >= 11 is 0. The van der Waals surface area contributed by atoms with Crippen molar-refractivity contribution in [2.24, 2.45) is 5.92 Å². The summed E-state index contributed by atoms with van der Waals surface area (Å²) in [5, 5.41) is 23.2. The Morgan fingerprint density at radius 2 is 1.81 bits per heavy atom. The number of allylic oxidation sites excluding steroid dienone is 1. The zero-order valence-electron chi connectivity index (χ0n) is 21.9. The van der Waals surface area contributed by atoms with Crippen LogP contribution in [0.5, 0.6) is 0 Å². The average Bonchev–Trinajstić information content (AvgIpc) is 3.16. The number of esters is 4. The van der Waals surface area contributed by atoms with E-state index in [1.54, 1.807) is 40.7 Å². The number of aliphatic hydroxyl groups is 2. The molecule has 2 aliphatic carbocycles. The minimum Gasteiger partial charge on any atom is -0.459 e. The van der Waals surface area contributed by atoms with Crippen molar-refractivity contribution >= 4 is 23.9 Å². The molecule has 2 N–H and O–H groups in total. The van der Waals surface area contributed by atoms with Gasteiger partial charge in [0.15, 0.2) is 17.3 Å². The molecule has 0 spiro atoms. The highest BCUT2D eigenvalue weighted by Crippen LogP contribution is 2.56. The van der Waals surface area contributed by atoms with Gasteiger partial charge in [0.2, 0.25) is 0 Å². The van der Waals surface area contributed by atoms with Crippen LogP contribution in [0.1, 0.15) is 74.1 Å². The minimum absolute atomic E-state index is 0.0476. The largest absolute Gasteiger partial charge is 0.459 e. The highest BCUT2D eigenvalue weighted by Gasteiger charge is 2.74. The van der Waals surface area contributed by atoms with Crippen molar-refractivity contribution in [3.05, 3.63) is 22.8 Å². The third-order valence-corrected chi connectivity index (χ3v) is 7.78. The van der Waals surface area contributed by atoms with E-state index in [2.05, 4.69) is 0 Å². The van der Waals surface area contributed by atoms with Crippen LogP contribution in [0.3, 0.4) is 0 Å². The van der Waals surface area contributed by atoms with Gasteiger partial charge in [0.25, 0.3) is 0 Å². The molecule has 36 heavy (non-hydrogen) atoms. The molecule has 0 bridgehead atoms. The Hall–Kier alpha value is -2.72. The van der Waals surface area contributed by atoms with E-state index in [0.29, 0.717) is 23.1 Å². The van der Waals surface area contributed by atoms with Gasteiger partial charge in [0, 0.05) is 31.3 Å². The molecule has 200 valence electrons. The fraction of sp³-hybridized carbons (Fsp3) is 0.692. The number of hydrogen-bond donors (Lipinski definition) is 2. The maximum absolute atomic E-state index is 12.8. The summed E-state index contributed by atoms with van der Waals surface area (Å²) in [6, 6.07) is 0. The van der Waals surface area contributed by atoms with Gasteiger partial charge in [-0.15, -0.1) is 0 Å². The lowest BCUT2D eigenvalue weighted by Crippen LogP contribution is -2.64. The van der Waals surface area contributed by atoms with Crippen LogP contribution in [0.15, 0.2) is 22.8 Å². The van der Waals surface area contributed by atoms with Gasteiger partial charge in [-0.3, -0.25) is 9.59 Å². The van der Waals surface area contributed by atoms with Crippen molar-refractivity contribution in [3.8, 4) is 0 Å². The summed E-state index contributed by atoms with van der Waals surface area (Å²) in [6.07, 6.45) is -1.52. The number of fused-ring (bicyclic) bond motifs is 3. The zero-order chi connectivity index (χ0) is 27.2. The molecule has 0 radical (unpaired) electrons. The molecule has 0 unspecified atom stereocenters. The number of rotatable bonds is 6. The first-order valence-corrected chi connectivity index (χ1v) is 12.2. The minimum atomic E-state index is -2.44. The highest BCUT2D eigenvalue weighted by molar-refractivity contribution is 5.88. The number of carbonyl (C=O) groups excluding carboxylic acids is 4. The van der Waals surface area contributed by atoms with E-state index in [9.17, 15) is 29.4 Å². The van der Waals surface area contributed by atoms with Crippen molar-refractivity contribution in [2.45, 2.75) is 109 Å². The molecule has 2 fully saturated rings. The third-order valence-electron chi connectivity index (χ3n) is 7.78. The lowest BCUT2D eigenvalue weighted by atomic mass is 9.75. The molecule has 0 aromatic rings. The first kappa shape index (κ1) is 27.9. The fourth-order valence-electron chi connectivity index (χ4n) is 5.60. The quantitative estimate of drug-likeness (QED) is 0.237. The smallest absolute Gasteiger partial charge is 0.341 e. The van der Waals surface area contributed by atoms with E-state index in [1.165, 1.54) is 6.92 Å². The van der Waals surface area contributed by atoms with E-state index in [0.717, 1.165) is 6.92 Å². The molecule has 10 nitrogen and oxygen atoms in total. The predicted octanol–water partition coefficient (Wildman–Crippen LogP) is 2.05. The van der Waals surface area contributed by atoms with Crippen LogP contribution in [-0.4, -0.2) is 69.2 Å². The lowest BCUT2D eigenvalue weighted by Gasteiger charge is -2.41. The monoisotopic (exact) mass is 508 g/mol. The van der Waals surface area contributed by atoms with Crippen molar-refractivity contribution in [2.75, 3.05) is 0 Å². The first-order valence-electron chi connectivity index (χ1n) is 12.2. The molecule has 3 rings (SSSR count). The van der Waals surface area contributed by atoms with Gasteiger partial charge >= 0.3 is 23.9 Å². The van der Waals surface area contributed by atoms with Crippen LogP contribution in [0.2, 0.25) is 0 Å². The summed E-state index contributed by atoms with van der Waals surface area (Å²) in [5.41, 5.74) is -4.90. The van der Waals surface area contributed by atoms with E-state index in [-0.39, 0.29) is 19.3 Å². The van der Waals surface area contributed by atoms with E-state index in [1.807, 2.05) is 0 Å². The van der Waals surface area contributed by atoms with Crippen LogP contribution in [0.4, 0.5) is 0 Å². The molecule has 0 aromatic heterocycles. The standard InChI is InChI=1S/C26H36O10/c1-8-10-19(28)34-18-12-24(6,36-15(5)27)16-11-17(33-22(29)13(3)9-2)14(4)20(16)21-26(18,32)25(7,31)23(30)35-21/h9,16-18,21,31-32H,8,10-12H2,1-7H3/b13-9+/t16-,17+,18-,21-,24-,25+,26+/m1/s1. The van der Waals surface area contributed by atoms with E-state index < -0.39 is 64.9 Å².